The van der Waals surface area contributed by atoms with Crippen LogP contribution in [0.3, 0.4) is 0 Å². The number of hydrogen-bond acceptors (Lipinski definition) is 4. The molecule has 1 saturated heterocycles. The lowest BCUT2D eigenvalue weighted by Crippen LogP contribution is -2.48. The summed E-state index contributed by atoms with van der Waals surface area (Å²) in [6, 6.07) is 0.130. The van der Waals surface area contributed by atoms with E-state index in [0.717, 1.165) is 38.5 Å². The maximum absolute atomic E-state index is 12.5. The van der Waals surface area contributed by atoms with Gasteiger partial charge < -0.3 is 20.5 Å². The molecule has 2 saturated carbocycles. The first kappa shape index (κ1) is 21.0. The van der Waals surface area contributed by atoms with Crippen molar-refractivity contribution in [1.82, 2.24) is 10.6 Å². The van der Waals surface area contributed by atoms with Crippen LogP contribution in [0.25, 0.3) is 0 Å². The van der Waals surface area contributed by atoms with Gasteiger partial charge in [-0.05, 0) is 82.3 Å². The lowest BCUT2D eigenvalue weighted by Gasteiger charge is -2.30. The van der Waals surface area contributed by atoms with Crippen molar-refractivity contribution in [3.63, 3.8) is 0 Å². The Hall–Kier alpha value is -0.730. The van der Waals surface area contributed by atoms with E-state index in [1.807, 2.05) is 0 Å². The average molecular weight is 461 g/mol. The summed E-state index contributed by atoms with van der Waals surface area (Å²) in [4.78, 5) is 24.1. The quantitative estimate of drug-likeness (QED) is 0.441. The van der Waals surface area contributed by atoms with Gasteiger partial charge in [-0.1, -0.05) is 15.9 Å². The Morgan fingerprint density at radius 3 is 2.26 bits per heavy atom. The zero-order chi connectivity index (χ0) is 19.4. The first-order chi connectivity index (χ1) is 12.9. The zero-order valence-corrected chi connectivity index (χ0v) is 17.9. The Bertz CT molecular complexity index is 560. The van der Waals surface area contributed by atoms with Crippen molar-refractivity contribution in [1.29, 1.82) is 0 Å². The van der Waals surface area contributed by atoms with Gasteiger partial charge in [0.1, 0.15) is 6.10 Å². The standard InChI is InChI=1S/C19H29BrN2O4S/c20-13-5-1-11(2-6-13)15-9-10-16(26-15)17(23)22-19(27)21-14-7-3-12(4-8-14)18(24)25/h11-16H,1-10H2,(H,24,25)(H2,21,22,23,27). The number of halogens is 1. The van der Waals surface area contributed by atoms with Gasteiger partial charge in [0.15, 0.2) is 5.11 Å². The molecular formula is C19H29BrN2O4S. The van der Waals surface area contributed by atoms with E-state index >= 15 is 0 Å². The summed E-state index contributed by atoms with van der Waals surface area (Å²) in [5.41, 5.74) is 0. The van der Waals surface area contributed by atoms with E-state index in [1.165, 1.54) is 12.8 Å². The Kier molecular flexibility index (Phi) is 7.50. The number of ether oxygens (including phenoxy) is 1. The van der Waals surface area contributed by atoms with Gasteiger partial charge in [-0.3, -0.25) is 9.59 Å². The number of amides is 1. The lowest BCUT2D eigenvalue weighted by atomic mass is 9.84. The van der Waals surface area contributed by atoms with Crippen LogP contribution in [-0.2, 0) is 14.3 Å². The minimum Gasteiger partial charge on any atom is -0.481 e. The number of nitrogens with one attached hydrogen (secondary N) is 2. The SMILES string of the molecule is O=C(O)C1CCC(NC(=S)NC(=O)C2CCC(C3CCC(Br)CC3)O2)CC1. The molecule has 2 unspecified atom stereocenters. The molecule has 8 heteroatoms. The Morgan fingerprint density at radius 1 is 0.963 bits per heavy atom. The number of rotatable bonds is 4. The summed E-state index contributed by atoms with van der Waals surface area (Å²) in [6.45, 7) is 0. The molecule has 6 nitrogen and oxygen atoms in total. The van der Waals surface area contributed by atoms with Crippen LogP contribution in [0.1, 0.15) is 64.2 Å². The van der Waals surface area contributed by atoms with Crippen molar-refractivity contribution in [2.75, 3.05) is 0 Å². The molecule has 152 valence electrons. The fraction of sp³-hybridized carbons (Fsp3) is 0.842. The summed E-state index contributed by atoms with van der Waals surface area (Å²) in [5, 5.41) is 15.3. The second-order valence-electron chi connectivity index (χ2n) is 8.10. The fourth-order valence-electron chi connectivity index (χ4n) is 4.55. The molecule has 2 aliphatic carbocycles. The number of thiocarbonyl (C=S) groups is 1. The highest BCUT2D eigenvalue weighted by Crippen LogP contribution is 2.36. The third-order valence-electron chi connectivity index (χ3n) is 6.22. The van der Waals surface area contributed by atoms with Crippen molar-refractivity contribution in [3.05, 3.63) is 0 Å². The van der Waals surface area contributed by atoms with Crippen molar-refractivity contribution >= 4 is 45.1 Å². The summed E-state index contributed by atoms with van der Waals surface area (Å²) in [7, 11) is 0. The van der Waals surface area contributed by atoms with Crippen molar-refractivity contribution < 1.29 is 19.4 Å². The van der Waals surface area contributed by atoms with E-state index in [2.05, 4.69) is 26.6 Å². The largest absolute Gasteiger partial charge is 0.481 e. The van der Waals surface area contributed by atoms with Gasteiger partial charge in [0, 0.05) is 10.9 Å². The summed E-state index contributed by atoms with van der Waals surface area (Å²) < 4.78 is 6.05. The maximum Gasteiger partial charge on any atom is 0.306 e. The number of alkyl halides is 1. The fourth-order valence-corrected chi connectivity index (χ4v) is 5.35. The van der Waals surface area contributed by atoms with Crippen LogP contribution in [0.15, 0.2) is 0 Å². The Balaban J connectivity index is 1.38. The van der Waals surface area contributed by atoms with Crippen LogP contribution in [0, 0.1) is 11.8 Å². The number of hydrogen-bond donors (Lipinski definition) is 3. The van der Waals surface area contributed by atoms with E-state index in [9.17, 15) is 9.59 Å². The molecule has 1 amide bonds. The molecule has 27 heavy (non-hydrogen) atoms. The molecule has 0 radical (unpaired) electrons. The summed E-state index contributed by atoms with van der Waals surface area (Å²) >= 11 is 8.96. The second kappa shape index (κ2) is 9.65. The third kappa shape index (κ3) is 5.87. The molecule has 0 aromatic carbocycles. The predicted octanol–water partition coefficient (Wildman–Crippen LogP) is 3.12. The van der Waals surface area contributed by atoms with Crippen LogP contribution in [-0.4, -0.2) is 45.2 Å². The monoisotopic (exact) mass is 460 g/mol. The minimum absolute atomic E-state index is 0.130. The molecule has 3 fully saturated rings. The average Bonchev–Trinajstić information content (AvgIpc) is 3.13. The number of carboxylic acid groups (broad SMARTS) is 1. The molecule has 0 aromatic heterocycles. The van der Waals surface area contributed by atoms with Gasteiger partial charge in [-0.2, -0.15) is 0 Å². The topological polar surface area (TPSA) is 87.7 Å². The van der Waals surface area contributed by atoms with E-state index in [1.54, 1.807) is 0 Å². The first-order valence-electron chi connectivity index (χ1n) is 10.1. The van der Waals surface area contributed by atoms with Crippen LogP contribution in [0.4, 0.5) is 0 Å². The van der Waals surface area contributed by atoms with E-state index in [0.29, 0.717) is 28.7 Å². The molecule has 1 aliphatic heterocycles. The van der Waals surface area contributed by atoms with Gasteiger partial charge in [0.05, 0.1) is 12.0 Å². The zero-order valence-electron chi connectivity index (χ0n) is 15.5. The van der Waals surface area contributed by atoms with E-state index in [-0.39, 0.29) is 24.0 Å². The van der Waals surface area contributed by atoms with E-state index in [4.69, 9.17) is 22.1 Å². The van der Waals surface area contributed by atoms with Crippen molar-refractivity contribution in [2.24, 2.45) is 11.8 Å². The minimum atomic E-state index is -0.720. The van der Waals surface area contributed by atoms with Crippen LogP contribution >= 0.6 is 28.1 Å². The predicted molar refractivity (Wildman–Crippen MR) is 110 cm³/mol. The molecule has 3 N–H and O–H groups in total. The second-order valence-corrected chi connectivity index (χ2v) is 9.81. The summed E-state index contributed by atoms with van der Waals surface area (Å²) in [5.74, 6) is -0.578. The Morgan fingerprint density at radius 2 is 1.63 bits per heavy atom. The highest BCUT2D eigenvalue weighted by Gasteiger charge is 2.37. The normalized spacial score (nSPS) is 36.8. The van der Waals surface area contributed by atoms with Gasteiger partial charge in [-0.15, -0.1) is 0 Å². The lowest BCUT2D eigenvalue weighted by molar-refractivity contribution is -0.142. The number of aliphatic carboxylic acids is 1. The number of carbonyl (C=O) groups is 2. The number of carboxylic acids is 1. The van der Waals surface area contributed by atoms with Crippen LogP contribution < -0.4 is 10.6 Å². The smallest absolute Gasteiger partial charge is 0.306 e. The molecule has 0 bridgehead atoms. The van der Waals surface area contributed by atoms with Crippen molar-refractivity contribution in [2.45, 2.75) is 87.3 Å². The van der Waals surface area contributed by atoms with E-state index < -0.39 is 12.1 Å². The van der Waals surface area contributed by atoms with Gasteiger partial charge >= 0.3 is 5.97 Å². The highest BCUT2D eigenvalue weighted by atomic mass is 79.9. The number of carbonyl (C=O) groups excluding carboxylic acids is 1. The van der Waals surface area contributed by atoms with Crippen LogP contribution in [0.2, 0.25) is 0 Å². The molecular weight excluding hydrogens is 432 g/mol. The molecule has 3 rings (SSSR count). The maximum atomic E-state index is 12.5. The highest BCUT2D eigenvalue weighted by molar-refractivity contribution is 9.09. The van der Waals surface area contributed by atoms with Gasteiger partial charge in [-0.25, -0.2) is 0 Å². The van der Waals surface area contributed by atoms with Gasteiger partial charge in [0.2, 0.25) is 0 Å². The van der Waals surface area contributed by atoms with Crippen molar-refractivity contribution in [3.8, 4) is 0 Å². The first-order valence-corrected chi connectivity index (χ1v) is 11.4. The molecule has 1 heterocycles. The molecule has 0 aromatic rings. The van der Waals surface area contributed by atoms with Crippen LogP contribution in [0.5, 0.6) is 0 Å². The molecule has 2 atom stereocenters. The molecule has 0 spiro atoms. The third-order valence-corrected chi connectivity index (χ3v) is 7.36. The van der Waals surface area contributed by atoms with Gasteiger partial charge in [0.25, 0.3) is 5.91 Å². The Labute approximate surface area is 174 Å². The molecule has 3 aliphatic rings. The summed E-state index contributed by atoms with van der Waals surface area (Å²) in [6.07, 6.45) is 8.94.